The van der Waals surface area contributed by atoms with Crippen molar-refractivity contribution < 1.29 is 52.7 Å². The van der Waals surface area contributed by atoms with Crippen LogP contribution in [0.5, 0.6) is 0 Å². The Balaban J connectivity index is 1.50. The minimum atomic E-state index is -5.34. The fraction of sp³-hybridized carbons (Fsp3) is 0.316. The molecule has 6 rings (SSSR count). The summed E-state index contributed by atoms with van der Waals surface area (Å²) in [5.74, 6) is 0. The average Bonchev–Trinajstić information content (AvgIpc) is 3.78. The highest BCUT2D eigenvalue weighted by Gasteiger charge is 2.38. The van der Waals surface area contributed by atoms with Gasteiger partial charge in [-0.2, -0.15) is 52.7 Å². The van der Waals surface area contributed by atoms with E-state index in [0.717, 1.165) is 21.3 Å². The third-order valence-corrected chi connectivity index (χ3v) is 9.99. The molecule has 4 heterocycles. The Morgan fingerprint density at radius 3 is 1.11 bits per heavy atom. The molecule has 25 heteroatoms. The Morgan fingerprint density at radius 2 is 0.825 bits per heavy atom. The van der Waals surface area contributed by atoms with Gasteiger partial charge in [0.25, 0.3) is 11.1 Å². The Morgan fingerprint density at radius 1 is 0.524 bits per heavy atom. The molecule has 13 nitrogen and oxygen atoms in total. The Hall–Kier alpha value is -6.66. The Kier molecular flexibility index (Phi) is 11.8. The van der Waals surface area contributed by atoms with Gasteiger partial charge in [-0.15, -0.1) is 0 Å². The van der Waals surface area contributed by atoms with Gasteiger partial charge in [0, 0.05) is 54.4 Å². The molecule has 1 N–H and O–H groups in total. The first-order valence-electron chi connectivity index (χ1n) is 18.0. The first-order chi connectivity index (χ1) is 29.1. The molecule has 0 saturated heterocycles. The van der Waals surface area contributed by atoms with Crippen LogP contribution in [0.1, 0.15) is 33.4 Å². The summed E-state index contributed by atoms with van der Waals surface area (Å²) in [5, 5.41) is 2.61. The van der Waals surface area contributed by atoms with Crippen molar-refractivity contribution in [3.05, 3.63) is 136 Å². The van der Waals surface area contributed by atoms with Crippen LogP contribution in [-0.4, -0.2) is 50.5 Å². The van der Waals surface area contributed by atoms with Crippen molar-refractivity contribution >= 4 is 33.5 Å². The zero-order valence-electron chi connectivity index (χ0n) is 32.8. The summed E-state index contributed by atoms with van der Waals surface area (Å²) in [5.41, 5.74) is -13.6. The molecule has 0 aliphatic heterocycles. The smallest absolute Gasteiger partial charge is 0.328 e. The molecule has 4 aromatic heterocycles. The fourth-order valence-corrected chi connectivity index (χ4v) is 6.71. The summed E-state index contributed by atoms with van der Waals surface area (Å²) < 4.78 is 174. The first-order valence-corrected chi connectivity index (χ1v) is 18.0. The van der Waals surface area contributed by atoms with Crippen molar-refractivity contribution in [1.29, 1.82) is 0 Å². The maximum atomic E-state index is 14.0. The first kappa shape index (κ1) is 45.9. The van der Waals surface area contributed by atoms with Crippen molar-refractivity contribution in [1.82, 2.24) is 42.7 Å². The second-order valence-electron chi connectivity index (χ2n) is 14.2. The van der Waals surface area contributed by atoms with Crippen molar-refractivity contribution in [3.63, 3.8) is 0 Å². The molecule has 0 fully saturated rings. The van der Waals surface area contributed by atoms with Crippen LogP contribution in [0.4, 0.5) is 52.7 Å². The molecule has 0 aliphatic rings. The Labute approximate surface area is 344 Å². The van der Waals surface area contributed by atoms with E-state index in [1.165, 1.54) is 50.0 Å². The quantitative estimate of drug-likeness (QED) is 0.174. The number of benzene rings is 2. The molecule has 2 aromatic carbocycles. The summed E-state index contributed by atoms with van der Waals surface area (Å²) in [6, 6.07) is 1.03. The normalized spacial score (nSPS) is 13.5. The maximum Gasteiger partial charge on any atom is 0.416 e. The van der Waals surface area contributed by atoms with Gasteiger partial charge in [-0.25, -0.2) is 19.6 Å². The van der Waals surface area contributed by atoms with Crippen LogP contribution in [0.3, 0.4) is 0 Å². The van der Waals surface area contributed by atoms with Crippen LogP contribution in [0.15, 0.2) is 80.4 Å². The minimum Gasteiger partial charge on any atom is -0.328 e. The van der Waals surface area contributed by atoms with Crippen LogP contribution < -0.4 is 27.8 Å². The maximum absolute atomic E-state index is 14.0. The number of rotatable bonds is 10. The SMILES string of the molecule is Cn1cnc2c1c(=O)n(C/C=C(\CNC/C(=C\Cn1c(=O)c3c(ncn3C)n(C)c1=O)c1cc(C(F)(F)F)cc(C(F)(F)F)c1)c1cc(C(F)(F)F)cc(C(F)(F)F)c1)c(=O)n2C. The molecule has 0 unspecified atom stereocenters. The number of nitrogens with zero attached hydrogens (tertiary/aromatic N) is 8. The summed E-state index contributed by atoms with van der Waals surface area (Å²) in [6.07, 6.45) is -17.1. The van der Waals surface area contributed by atoms with Crippen molar-refractivity contribution in [2.24, 2.45) is 28.2 Å². The molecule has 336 valence electrons. The van der Waals surface area contributed by atoms with E-state index in [-0.39, 0.29) is 34.5 Å². The number of halogens is 12. The van der Waals surface area contributed by atoms with Crippen LogP contribution in [0, 0.1) is 0 Å². The van der Waals surface area contributed by atoms with Gasteiger partial charge < -0.3 is 14.5 Å². The van der Waals surface area contributed by atoms with Crippen molar-refractivity contribution in [2.75, 3.05) is 13.1 Å². The number of aromatic nitrogens is 8. The largest absolute Gasteiger partial charge is 0.416 e. The van der Waals surface area contributed by atoms with E-state index < -0.39 is 118 Å². The van der Waals surface area contributed by atoms with Gasteiger partial charge in [0.05, 0.1) is 34.9 Å². The van der Waals surface area contributed by atoms with E-state index in [1.54, 1.807) is 0 Å². The third-order valence-electron chi connectivity index (χ3n) is 9.99. The lowest BCUT2D eigenvalue weighted by Gasteiger charge is -2.19. The third kappa shape index (κ3) is 9.13. The van der Waals surface area contributed by atoms with Gasteiger partial charge >= 0.3 is 36.1 Å². The summed E-state index contributed by atoms with van der Waals surface area (Å²) in [4.78, 5) is 61.3. The number of fused-ring (bicyclic) bond motifs is 2. The number of alkyl halides is 12. The van der Waals surface area contributed by atoms with Crippen LogP contribution in [0.25, 0.3) is 33.5 Å². The van der Waals surface area contributed by atoms with E-state index in [0.29, 0.717) is 33.4 Å². The van der Waals surface area contributed by atoms with Crippen LogP contribution in [-0.2, 0) is 66.0 Å². The molecule has 0 aliphatic carbocycles. The van der Waals surface area contributed by atoms with E-state index in [9.17, 15) is 71.9 Å². The molecule has 0 amide bonds. The second-order valence-corrected chi connectivity index (χ2v) is 14.2. The van der Waals surface area contributed by atoms with E-state index in [2.05, 4.69) is 15.3 Å². The highest BCUT2D eigenvalue weighted by molar-refractivity contribution is 5.73. The highest BCUT2D eigenvalue weighted by atomic mass is 19.4. The molecule has 63 heavy (non-hydrogen) atoms. The molecule has 0 spiro atoms. The van der Waals surface area contributed by atoms with E-state index in [1.807, 2.05) is 0 Å². The monoisotopic (exact) mass is 905 g/mol. The number of imidazole rings is 2. The number of aryl methyl sites for hydroxylation is 4. The lowest BCUT2D eigenvalue weighted by atomic mass is 9.97. The van der Waals surface area contributed by atoms with Crippen LogP contribution >= 0.6 is 0 Å². The molecule has 6 aromatic rings. The van der Waals surface area contributed by atoms with Gasteiger partial charge in [0.15, 0.2) is 22.3 Å². The van der Waals surface area contributed by atoms with Gasteiger partial charge in [-0.1, -0.05) is 12.2 Å². The van der Waals surface area contributed by atoms with Gasteiger partial charge in [0.1, 0.15) is 0 Å². The molecule has 0 atom stereocenters. The lowest BCUT2D eigenvalue weighted by molar-refractivity contribution is -0.144. The standard InChI is InChI=1S/C38H31F12N9O4/c1-54-17-52-29-27(54)31(60)58(33(62)56(29)3)7-5-19(21-9-23(35(39,40)41)13-24(10-21)36(42,43)44)15-51-16-20(22-11-25(37(45,46)47)14-26(12-22)38(48,49)50)6-8-59-32(61)28-30(53-18-55(28)2)57(4)34(59)63/h5-6,9-14,17-18,51H,7-8,15-16H2,1-4H3/b19-5+,20-6+. The minimum absolute atomic E-state index is 0.0507. The van der Waals surface area contributed by atoms with Crippen molar-refractivity contribution in [2.45, 2.75) is 37.8 Å². The molecular weight excluding hydrogens is 874 g/mol. The molecule has 0 saturated carbocycles. The van der Waals surface area contributed by atoms with Crippen LogP contribution in [0.2, 0.25) is 0 Å². The number of nitrogens with one attached hydrogen (secondary N) is 1. The van der Waals surface area contributed by atoms with E-state index >= 15 is 0 Å². The molecule has 0 radical (unpaired) electrons. The zero-order valence-corrected chi connectivity index (χ0v) is 32.8. The topological polar surface area (TPSA) is 136 Å². The lowest BCUT2D eigenvalue weighted by Crippen LogP contribution is -2.39. The number of hydrogen-bond acceptors (Lipinski definition) is 7. The molecule has 0 bridgehead atoms. The highest BCUT2D eigenvalue weighted by Crippen LogP contribution is 2.39. The summed E-state index contributed by atoms with van der Waals surface area (Å²) >= 11 is 0. The average molecular weight is 906 g/mol. The van der Waals surface area contributed by atoms with E-state index in [4.69, 9.17) is 0 Å². The second kappa shape index (κ2) is 16.2. The summed E-state index contributed by atoms with van der Waals surface area (Å²) in [6.45, 7) is -3.14. The van der Waals surface area contributed by atoms with Gasteiger partial charge in [-0.3, -0.25) is 27.9 Å². The van der Waals surface area contributed by atoms with Crippen molar-refractivity contribution in [3.8, 4) is 0 Å². The predicted octanol–water partition coefficient (Wildman–Crippen LogP) is 5.71. The number of hydrogen-bond donors (Lipinski definition) is 1. The van der Waals surface area contributed by atoms with Gasteiger partial charge in [-0.05, 0) is 58.7 Å². The van der Waals surface area contributed by atoms with Gasteiger partial charge in [0.2, 0.25) is 0 Å². The fourth-order valence-electron chi connectivity index (χ4n) is 6.71. The predicted molar refractivity (Wildman–Crippen MR) is 202 cm³/mol. The summed E-state index contributed by atoms with van der Waals surface area (Å²) in [7, 11) is 5.31. The number of allylic oxidation sites excluding steroid dienone is 2. The molecular formula is C38H31F12N9O4. The zero-order chi connectivity index (χ0) is 46.7. The Bertz CT molecular complexity index is 2810.